The van der Waals surface area contributed by atoms with Crippen LogP contribution >= 0.6 is 0 Å². The lowest BCUT2D eigenvalue weighted by Gasteiger charge is -2.39. The second-order valence-electron chi connectivity index (χ2n) is 13.5. The SMILES string of the molecule is CCCCCCCCS(=O)(=O)CC(=O)N(CCN(C(=O)CS(=O)(=O)CCCCCCCC)C1CCCCC1)C1CCCCC1. The number of nitrogens with zero attached hydrogens (tertiary/aromatic N) is 2. The van der Waals surface area contributed by atoms with Gasteiger partial charge in [-0.1, -0.05) is 117 Å². The molecule has 2 rings (SSSR count). The monoisotopic (exact) mass is 660 g/mol. The van der Waals surface area contributed by atoms with Crippen molar-refractivity contribution in [1.82, 2.24) is 9.80 Å². The highest BCUT2D eigenvalue weighted by molar-refractivity contribution is 7.92. The third kappa shape index (κ3) is 15.9. The lowest BCUT2D eigenvalue weighted by Crippen LogP contribution is -2.51. The number of hydrogen-bond acceptors (Lipinski definition) is 6. The molecule has 2 saturated carbocycles. The summed E-state index contributed by atoms with van der Waals surface area (Å²) in [6.45, 7) is 4.82. The van der Waals surface area contributed by atoms with E-state index in [0.717, 1.165) is 128 Å². The minimum Gasteiger partial charge on any atom is -0.337 e. The molecule has 8 nitrogen and oxygen atoms in total. The molecule has 0 heterocycles. The number of rotatable bonds is 23. The molecule has 0 bridgehead atoms. The Kier molecular flexibility index (Phi) is 19.2. The molecule has 0 aromatic rings. The first-order valence-corrected chi connectivity index (χ1v) is 21.7. The molecule has 44 heavy (non-hydrogen) atoms. The fraction of sp³-hybridized carbons (Fsp3) is 0.941. The maximum absolute atomic E-state index is 13.6. The number of amides is 2. The van der Waals surface area contributed by atoms with Crippen LogP contribution in [0.25, 0.3) is 0 Å². The molecule has 2 aliphatic rings. The predicted molar refractivity (Wildman–Crippen MR) is 181 cm³/mol. The van der Waals surface area contributed by atoms with E-state index in [0.29, 0.717) is 12.8 Å². The normalized spacial score (nSPS) is 17.0. The van der Waals surface area contributed by atoms with Crippen molar-refractivity contribution >= 4 is 31.5 Å². The Balaban J connectivity index is 2.05. The van der Waals surface area contributed by atoms with E-state index >= 15 is 0 Å². The Hall–Kier alpha value is -1.16. The van der Waals surface area contributed by atoms with Crippen LogP contribution in [0.3, 0.4) is 0 Å². The van der Waals surface area contributed by atoms with Crippen molar-refractivity contribution in [2.75, 3.05) is 36.1 Å². The fourth-order valence-electron chi connectivity index (χ4n) is 6.91. The van der Waals surface area contributed by atoms with Gasteiger partial charge in [0.25, 0.3) is 0 Å². The van der Waals surface area contributed by atoms with Crippen LogP contribution in [0, 0.1) is 0 Å². The minimum atomic E-state index is -3.52. The molecule has 0 aromatic heterocycles. The molecular formula is C34H64N2O6S2. The molecule has 10 heteroatoms. The Morgan fingerprint density at radius 1 is 0.500 bits per heavy atom. The molecule has 0 spiro atoms. The van der Waals surface area contributed by atoms with Crippen LogP contribution in [0.15, 0.2) is 0 Å². The molecule has 0 radical (unpaired) electrons. The van der Waals surface area contributed by atoms with Crippen LogP contribution < -0.4 is 0 Å². The van der Waals surface area contributed by atoms with Crippen LogP contribution in [0.4, 0.5) is 0 Å². The van der Waals surface area contributed by atoms with Crippen molar-refractivity contribution in [1.29, 1.82) is 0 Å². The standard InChI is InChI=1S/C34H64N2O6S2/c1-3-5-7-9-11-19-27-43(39,40)29-33(37)35(31-21-15-13-16-22-31)25-26-36(32-23-17-14-18-24-32)34(38)30-44(41,42)28-20-12-10-8-6-4-2/h31-32H,3-30H2,1-2H3. The second kappa shape index (κ2) is 21.6. The van der Waals surface area contributed by atoms with Crippen molar-refractivity contribution in [3.05, 3.63) is 0 Å². The maximum Gasteiger partial charge on any atom is 0.238 e. The molecule has 0 saturated heterocycles. The first-order chi connectivity index (χ1) is 21.1. The summed E-state index contributed by atoms with van der Waals surface area (Å²) in [5.41, 5.74) is 0. The average Bonchev–Trinajstić information content (AvgIpc) is 2.99. The maximum atomic E-state index is 13.6. The van der Waals surface area contributed by atoms with Gasteiger partial charge in [-0.2, -0.15) is 0 Å². The van der Waals surface area contributed by atoms with Crippen LogP contribution in [0.2, 0.25) is 0 Å². The van der Waals surface area contributed by atoms with Crippen LogP contribution in [-0.4, -0.2) is 86.6 Å². The average molecular weight is 661 g/mol. The third-order valence-corrected chi connectivity index (χ3v) is 12.8. The molecule has 0 unspecified atom stereocenters. The van der Waals surface area contributed by atoms with Crippen LogP contribution in [0.1, 0.15) is 155 Å². The summed E-state index contributed by atoms with van der Waals surface area (Å²) in [5.74, 6) is -1.63. The van der Waals surface area contributed by atoms with Gasteiger partial charge in [0.2, 0.25) is 11.8 Å². The van der Waals surface area contributed by atoms with E-state index in [1.165, 1.54) is 0 Å². The molecule has 0 aliphatic heterocycles. The highest BCUT2D eigenvalue weighted by atomic mass is 32.2. The Labute approximate surface area is 270 Å². The van der Waals surface area contributed by atoms with Crippen LogP contribution in [0.5, 0.6) is 0 Å². The van der Waals surface area contributed by atoms with Gasteiger partial charge < -0.3 is 9.80 Å². The zero-order valence-electron chi connectivity index (χ0n) is 28.1. The molecule has 2 aliphatic carbocycles. The summed E-state index contributed by atoms with van der Waals surface area (Å²) in [6, 6.07) is -0.0551. The summed E-state index contributed by atoms with van der Waals surface area (Å²) in [6.07, 6.45) is 21.3. The first kappa shape index (κ1) is 39.0. The van der Waals surface area contributed by atoms with Gasteiger partial charge in [-0.3, -0.25) is 9.59 Å². The molecule has 2 amide bonds. The summed E-state index contributed by atoms with van der Waals surface area (Å²) >= 11 is 0. The van der Waals surface area contributed by atoms with Gasteiger partial charge in [0.15, 0.2) is 19.7 Å². The highest BCUT2D eigenvalue weighted by Gasteiger charge is 2.32. The van der Waals surface area contributed by atoms with E-state index in [1.807, 2.05) is 0 Å². The van der Waals surface area contributed by atoms with Gasteiger partial charge in [-0.15, -0.1) is 0 Å². The molecule has 0 aromatic carbocycles. The van der Waals surface area contributed by atoms with E-state index < -0.39 is 31.2 Å². The number of hydrogen-bond donors (Lipinski definition) is 0. The van der Waals surface area contributed by atoms with E-state index in [4.69, 9.17) is 0 Å². The number of unbranched alkanes of at least 4 members (excludes halogenated alkanes) is 10. The smallest absolute Gasteiger partial charge is 0.238 e. The Morgan fingerprint density at radius 3 is 1.16 bits per heavy atom. The van der Waals surface area contributed by atoms with Crippen molar-refractivity contribution in [2.24, 2.45) is 0 Å². The van der Waals surface area contributed by atoms with Crippen LogP contribution in [-0.2, 0) is 29.3 Å². The second-order valence-corrected chi connectivity index (χ2v) is 17.8. The fourth-order valence-corrected chi connectivity index (χ4v) is 9.57. The molecule has 2 fully saturated rings. The first-order valence-electron chi connectivity index (χ1n) is 18.1. The van der Waals surface area contributed by atoms with Crippen molar-refractivity contribution in [3.8, 4) is 0 Å². The highest BCUT2D eigenvalue weighted by Crippen LogP contribution is 2.26. The summed E-state index contributed by atoms with van der Waals surface area (Å²) in [5, 5.41) is 0. The van der Waals surface area contributed by atoms with Gasteiger partial charge >= 0.3 is 0 Å². The largest absolute Gasteiger partial charge is 0.337 e. The Morgan fingerprint density at radius 2 is 0.818 bits per heavy atom. The number of carbonyl (C=O) groups is 2. The predicted octanol–water partition coefficient (Wildman–Crippen LogP) is 6.86. The summed E-state index contributed by atoms with van der Waals surface area (Å²) in [4.78, 5) is 30.6. The van der Waals surface area contributed by atoms with Crippen molar-refractivity contribution in [3.63, 3.8) is 0 Å². The lowest BCUT2D eigenvalue weighted by molar-refractivity contribution is -0.136. The molecule has 0 N–H and O–H groups in total. The van der Waals surface area contributed by atoms with Crippen molar-refractivity contribution < 1.29 is 26.4 Å². The zero-order chi connectivity index (χ0) is 32.3. The summed E-state index contributed by atoms with van der Waals surface area (Å²) < 4.78 is 51.8. The van der Waals surface area contributed by atoms with Gasteiger partial charge in [-0.05, 0) is 38.5 Å². The summed E-state index contributed by atoms with van der Waals surface area (Å²) in [7, 11) is -7.05. The van der Waals surface area contributed by atoms with Gasteiger partial charge in [0, 0.05) is 25.2 Å². The van der Waals surface area contributed by atoms with E-state index in [1.54, 1.807) is 9.80 Å². The van der Waals surface area contributed by atoms with Gasteiger partial charge in [-0.25, -0.2) is 16.8 Å². The number of sulfone groups is 2. The topological polar surface area (TPSA) is 109 Å². The lowest BCUT2D eigenvalue weighted by atomic mass is 9.93. The number of carbonyl (C=O) groups excluding carboxylic acids is 2. The Bertz CT molecular complexity index is 936. The zero-order valence-corrected chi connectivity index (χ0v) is 29.7. The molecule has 0 atom stereocenters. The van der Waals surface area contributed by atoms with E-state index in [9.17, 15) is 26.4 Å². The minimum absolute atomic E-state index is 0.0276. The van der Waals surface area contributed by atoms with Gasteiger partial charge in [0.05, 0.1) is 11.5 Å². The van der Waals surface area contributed by atoms with Gasteiger partial charge in [0.1, 0.15) is 11.5 Å². The third-order valence-electron chi connectivity index (χ3n) is 9.56. The quantitative estimate of drug-likeness (QED) is 0.111. The van der Waals surface area contributed by atoms with E-state index in [2.05, 4.69) is 13.8 Å². The van der Waals surface area contributed by atoms with Crippen molar-refractivity contribution in [2.45, 2.75) is 167 Å². The molecular weight excluding hydrogens is 597 g/mol. The van der Waals surface area contributed by atoms with E-state index in [-0.39, 0.29) is 48.5 Å². The molecule has 258 valence electrons.